The first-order valence-corrected chi connectivity index (χ1v) is 11.0. The average Bonchev–Trinajstić information content (AvgIpc) is 3.23. The zero-order chi connectivity index (χ0) is 19.9. The molecule has 0 radical (unpaired) electrons. The molecule has 1 aliphatic rings. The van der Waals surface area contributed by atoms with Crippen molar-refractivity contribution in [3.63, 3.8) is 0 Å². The second kappa shape index (κ2) is 10.0. The number of piperazine rings is 1. The van der Waals surface area contributed by atoms with Crippen molar-refractivity contribution in [2.24, 2.45) is 4.99 Å². The Morgan fingerprint density at radius 2 is 1.93 bits per heavy atom. The van der Waals surface area contributed by atoms with Crippen LogP contribution in [0.5, 0.6) is 5.75 Å². The maximum absolute atomic E-state index is 10.4. The fourth-order valence-electron chi connectivity index (χ4n) is 3.68. The van der Waals surface area contributed by atoms with Crippen LogP contribution in [-0.2, 0) is 0 Å². The topological polar surface area (TPSA) is 42.3 Å². The van der Waals surface area contributed by atoms with E-state index in [1.807, 2.05) is 18.3 Å². The van der Waals surface area contributed by atoms with Gasteiger partial charge in [0.1, 0.15) is 5.75 Å². The number of aromatic hydroxyl groups is 1. The molecule has 2 heterocycles. The average molecular weight is 401 g/mol. The SMILES string of the molecule is CCN(CC)c1ccc(C=NC[C@@H](c2cccs2)N2CCN(C)CC2)c(O)c1. The van der Waals surface area contributed by atoms with Crippen molar-refractivity contribution >= 4 is 23.2 Å². The summed E-state index contributed by atoms with van der Waals surface area (Å²) in [6, 6.07) is 10.5. The largest absolute Gasteiger partial charge is 0.507 e. The monoisotopic (exact) mass is 400 g/mol. The Morgan fingerprint density at radius 3 is 2.54 bits per heavy atom. The first-order valence-electron chi connectivity index (χ1n) is 10.2. The lowest BCUT2D eigenvalue weighted by Gasteiger charge is -2.37. The molecule has 0 unspecified atom stereocenters. The molecule has 152 valence electrons. The van der Waals surface area contributed by atoms with Crippen LogP contribution in [0.25, 0.3) is 0 Å². The molecule has 3 rings (SSSR count). The summed E-state index contributed by atoms with van der Waals surface area (Å²) in [5.41, 5.74) is 1.83. The zero-order valence-electron chi connectivity index (χ0n) is 17.2. The fraction of sp³-hybridized carbons (Fsp3) is 0.500. The normalized spacial score (nSPS) is 17.2. The molecule has 1 fully saturated rings. The van der Waals surface area contributed by atoms with Crippen molar-refractivity contribution < 1.29 is 5.11 Å². The number of phenolic OH excluding ortho intramolecular Hbond substituents is 1. The van der Waals surface area contributed by atoms with Crippen LogP contribution in [0.15, 0.2) is 40.7 Å². The van der Waals surface area contributed by atoms with Gasteiger partial charge in [-0.25, -0.2) is 0 Å². The third-order valence-corrected chi connectivity index (χ3v) is 6.48. The van der Waals surface area contributed by atoms with E-state index in [0.29, 0.717) is 18.3 Å². The van der Waals surface area contributed by atoms with Crippen molar-refractivity contribution in [3.8, 4) is 5.75 Å². The van der Waals surface area contributed by atoms with Crippen molar-refractivity contribution in [2.45, 2.75) is 19.9 Å². The minimum atomic E-state index is 0.292. The molecule has 0 saturated carbocycles. The Labute approximate surface area is 172 Å². The number of benzene rings is 1. The van der Waals surface area contributed by atoms with Gasteiger partial charge in [0.15, 0.2) is 0 Å². The van der Waals surface area contributed by atoms with E-state index in [4.69, 9.17) is 4.99 Å². The number of likely N-dealkylation sites (N-methyl/N-ethyl adjacent to an activating group) is 1. The quantitative estimate of drug-likeness (QED) is 0.686. The smallest absolute Gasteiger partial charge is 0.126 e. The number of hydrogen-bond donors (Lipinski definition) is 1. The van der Waals surface area contributed by atoms with Crippen LogP contribution in [0.3, 0.4) is 0 Å². The second-order valence-corrected chi connectivity index (χ2v) is 8.26. The third-order valence-electron chi connectivity index (χ3n) is 5.50. The minimum Gasteiger partial charge on any atom is -0.507 e. The molecular weight excluding hydrogens is 368 g/mol. The van der Waals surface area contributed by atoms with E-state index < -0.39 is 0 Å². The first-order chi connectivity index (χ1) is 13.6. The summed E-state index contributed by atoms with van der Waals surface area (Å²) >= 11 is 1.80. The highest BCUT2D eigenvalue weighted by Crippen LogP contribution is 2.27. The van der Waals surface area contributed by atoms with E-state index in [1.165, 1.54) is 4.88 Å². The number of aliphatic imine (C=N–C) groups is 1. The van der Waals surface area contributed by atoms with E-state index in [-0.39, 0.29) is 0 Å². The zero-order valence-corrected chi connectivity index (χ0v) is 18.0. The van der Waals surface area contributed by atoms with Crippen LogP contribution in [0, 0.1) is 0 Å². The molecule has 0 aliphatic carbocycles. The summed E-state index contributed by atoms with van der Waals surface area (Å²) < 4.78 is 0. The Hall–Kier alpha value is -1.89. The molecule has 0 spiro atoms. The molecule has 1 N–H and O–H groups in total. The molecule has 0 amide bonds. The second-order valence-electron chi connectivity index (χ2n) is 7.28. The van der Waals surface area contributed by atoms with Gasteiger partial charge in [-0.3, -0.25) is 9.89 Å². The number of thiophene rings is 1. The molecule has 2 aromatic rings. The lowest BCUT2D eigenvalue weighted by atomic mass is 10.1. The van der Waals surface area contributed by atoms with E-state index in [1.54, 1.807) is 11.3 Å². The lowest BCUT2D eigenvalue weighted by Crippen LogP contribution is -2.46. The van der Waals surface area contributed by atoms with Gasteiger partial charge >= 0.3 is 0 Å². The number of phenols is 1. The highest BCUT2D eigenvalue weighted by molar-refractivity contribution is 7.10. The summed E-state index contributed by atoms with van der Waals surface area (Å²) in [4.78, 5) is 13.2. The maximum Gasteiger partial charge on any atom is 0.126 e. The van der Waals surface area contributed by atoms with Crippen LogP contribution < -0.4 is 4.90 Å². The Balaban J connectivity index is 1.70. The standard InChI is InChI=1S/C22H32N4OS/c1-4-25(5-2)19-9-8-18(21(27)15-19)16-23-17-20(22-7-6-14-28-22)26-12-10-24(3)11-13-26/h6-9,14-16,20,27H,4-5,10-13,17H2,1-3H3/t20-/m0/s1. The van der Waals surface area contributed by atoms with E-state index >= 15 is 0 Å². The fourth-order valence-corrected chi connectivity index (χ4v) is 4.53. The van der Waals surface area contributed by atoms with Crippen LogP contribution in [0.4, 0.5) is 5.69 Å². The Bertz CT molecular complexity index is 750. The van der Waals surface area contributed by atoms with E-state index in [0.717, 1.165) is 50.5 Å². The first kappa shape index (κ1) is 20.8. The summed E-state index contributed by atoms with van der Waals surface area (Å²) in [5, 5.41) is 12.6. The summed E-state index contributed by atoms with van der Waals surface area (Å²) in [7, 11) is 2.18. The molecular formula is C22H32N4OS. The van der Waals surface area contributed by atoms with Gasteiger partial charge in [-0.1, -0.05) is 6.07 Å². The molecule has 1 aliphatic heterocycles. The van der Waals surface area contributed by atoms with Gasteiger partial charge in [0.2, 0.25) is 0 Å². The van der Waals surface area contributed by atoms with Crippen LogP contribution in [0.2, 0.25) is 0 Å². The predicted molar refractivity (Wildman–Crippen MR) is 120 cm³/mol. The highest BCUT2D eigenvalue weighted by atomic mass is 32.1. The van der Waals surface area contributed by atoms with E-state index in [9.17, 15) is 5.11 Å². The van der Waals surface area contributed by atoms with Crippen LogP contribution in [-0.4, -0.2) is 74.0 Å². The van der Waals surface area contributed by atoms with Crippen molar-refractivity contribution in [3.05, 3.63) is 46.2 Å². The molecule has 1 atom stereocenters. The minimum absolute atomic E-state index is 0.292. The number of hydrogen-bond acceptors (Lipinski definition) is 6. The highest BCUT2D eigenvalue weighted by Gasteiger charge is 2.24. The van der Waals surface area contributed by atoms with Gasteiger partial charge in [-0.2, -0.15) is 0 Å². The lowest BCUT2D eigenvalue weighted by molar-refractivity contribution is 0.116. The Morgan fingerprint density at radius 1 is 1.18 bits per heavy atom. The molecule has 1 aromatic heterocycles. The number of rotatable bonds is 8. The Kier molecular flexibility index (Phi) is 7.48. The molecule has 1 saturated heterocycles. The van der Waals surface area contributed by atoms with Crippen molar-refractivity contribution in [1.82, 2.24) is 9.80 Å². The van der Waals surface area contributed by atoms with Gasteiger partial charge in [0, 0.05) is 67.7 Å². The molecule has 6 heteroatoms. The molecule has 28 heavy (non-hydrogen) atoms. The maximum atomic E-state index is 10.4. The molecule has 5 nitrogen and oxygen atoms in total. The number of nitrogens with zero attached hydrogens (tertiary/aromatic N) is 4. The predicted octanol–water partition coefficient (Wildman–Crippen LogP) is 3.71. The number of anilines is 1. The third kappa shape index (κ3) is 5.13. The summed E-state index contributed by atoms with van der Waals surface area (Å²) in [6.45, 7) is 11.1. The summed E-state index contributed by atoms with van der Waals surface area (Å²) in [5.74, 6) is 0.292. The van der Waals surface area contributed by atoms with Crippen LogP contribution in [0.1, 0.15) is 30.3 Å². The van der Waals surface area contributed by atoms with Crippen molar-refractivity contribution in [1.29, 1.82) is 0 Å². The van der Waals surface area contributed by atoms with Gasteiger partial charge in [0.05, 0.1) is 12.6 Å². The van der Waals surface area contributed by atoms with Gasteiger partial charge in [-0.15, -0.1) is 11.3 Å². The van der Waals surface area contributed by atoms with Crippen LogP contribution >= 0.6 is 11.3 Å². The molecule has 1 aromatic carbocycles. The molecule has 0 bridgehead atoms. The summed E-state index contributed by atoms with van der Waals surface area (Å²) in [6.07, 6.45) is 1.82. The van der Waals surface area contributed by atoms with Gasteiger partial charge in [-0.05, 0) is 44.5 Å². The van der Waals surface area contributed by atoms with E-state index in [2.05, 4.69) is 59.2 Å². The van der Waals surface area contributed by atoms with Crippen molar-refractivity contribution in [2.75, 3.05) is 57.8 Å². The van der Waals surface area contributed by atoms with Gasteiger partial charge < -0.3 is 14.9 Å². The van der Waals surface area contributed by atoms with Gasteiger partial charge in [0.25, 0.3) is 0 Å².